The average Bonchev–Trinajstić information content (AvgIpc) is 2.95. The van der Waals surface area contributed by atoms with Crippen molar-refractivity contribution in [1.29, 1.82) is 0 Å². The van der Waals surface area contributed by atoms with Gasteiger partial charge in [-0.25, -0.2) is 4.39 Å². The fourth-order valence-corrected chi connectivity index (χ4v) is 6.15. The highest BCUT2D eigenvalue weighted by Crippen LogP contribution is 2.33. The van der Waals surface area contributed by atoms with Crippen molar-refractivity contribution in [2.24, 2.45) is 5.41 Å². The minimum atomic E-state index is -0.931. The van der Waals surface area contributed by atoms with E-state index in [0.29, 0.717) is 60.9 Å². The first kappa shape index (κ1) is 32.2. The standard InChI is InChI=1S/C31H40Cl2FN5O3/c1-19(40)39-12-10-38(11-13-39)9-8-35-30(42)28-27(20-6-5-7-22(32)14-20)29(41)37-26-17-24(33)25(34)16-21(26)15-23(36-28)18-31(2,3)4/h5-7,14,16-17,23,27-28,36H,8-13,15,18H2,1-4H3,(H,35,42)(H,37,41)/t23-,27?,28+/m0/s1. The average molecular weight is 621 g/mol. The molecular formula is C31H40Cl2FN5O3. The zero-order valence-electron chi connectivity index (χ0n) is 24.6. The molecular weight excluding hydrogens is 580 g/mol. The molecule has 2 aliphatic heterocycles. The number of amides is 3. The number of rotatable bonds is 6. The smallest absolute Gasteiger partial charge is 0.238 e. The molecule has 2 heterocycles. The monoisotopic (exact) mass is 619 g/mol. The Morgan fingerprint density at radius 1 is 1.10 bits per heavy atom. The van der Waals surface area contributed by atoms with Crippen LogP contribution in [0.1, 0.15) is 51.2 Å². The lowest BCUT2D eigenvalue weighted by Gasteiger charge is -2.35. The van der Waals surface area contributed by atoms with Crippen LogP contribution in [0.4, 0.5) is 10.1 Å². The van der Waals surface area contributed by atoms with Gasteiger partial charge in [-0.05, 0) is 53.6 Å². The Balaban J connectivity index is 1.63. The molecule has 42 heavy (non-hydrogen) atoms. The first-order valence-corrected chi connectivity index (χ1v) is 15.1. The summed E-state index contributed by atoms with van der Waals surface area (Å²) in [6.07, 6.45) is 1.05. The predicted octanol–water partition coefficient (Wildman–Crippen LogP) is 4.45. The lowest BCUT2D eigenvalue weighted by molar-refractivity contribution is -0.130. The van der Waals surface area contributed by atoms with E-state index < -0.39 is 23.7 Å². The van der Waals surface area contributed by atoms with E-state index >= 15 is 0 Å². The molecule has 0 radical (unpaired) electrons. The molecule has 3 amide bonds. The van der Waals surface area contributed by atoms with Gasteiger partial charge >= 0.3 is 0 Å². The van der Waals surface area contributed by atoms with Gasteiger partial charge in [0.1, 0.15) is 11.9 Å². The Kier molecular flexibility index (Phi) is 10.5. The number of piperazine rings is 1. The number of carbonyl (C=O) groups excluding carboxylic acids is 3. The molecule has 0 bridgehead atoms. The van der Waals surface area contributed by atoms with E-state index in [1.807, 2.05) is 4.90 Å². The topological polar surface area (TPSA) is 93.8 Å². The van der Waals surface area contributed by atoms with Gasteiger partial charge in [-0.3, -0.25) is 19.3 Å². The molecule has 2 aromatic carbocycles. The molecule has 11 heteroatoms. The van der Waals surface area contributed by atoms with Crippen molar-refractivity contribution in [3.05, 3.63) is 63.4 Å². The van der Waals surface area contributed by atoms with Gasteiger partial charge in [0.25, 0.3) is 0 Å². The number of hydrogen-bond acceptors (Lipinski definition) is 5. The fraction of sp³-hybridized carbons (Fsp3) is 0.516. The Labute approximate surface area is 257 Å². The van der Waals surface area contributed by atoms with Crippen LogP contribution in [-0.4, -0.2) is 78.9 Å². The summed E-state index contributed by atoms with van der Waals surface area (Å²) in [5.74, 6) is -2.17. The highest BCUT2D eigenvalue weighted by Gasteiger charge is 2.39. The summed E-state index contributed by atoms with van der Waals surface area (Å²) in [5, 5.41) is 9.83. The van der Waals surface area contributed by atoms with Crippen LogP contribution in [0.3, 0.4) is 0 Å². The van der Waals surface area contributed by atoms with Crippen LogP contribution in [0, 0.1) is 11.2 Å². The van der Waals surface area contributed by atoms with Gasteiger partial charge in [-0.15, -0.1) is 0 Å². The minimum Gasteiger partial charge on any atom is -0.353 e. The van der Waals surface area contributed by atoms with Crippen molar-refractivity contribution in [1.82, 2.24) is 20.4 Å². The van der Waals surface area contributed by atoms with E-state index in [-0.39, 0.29) is 28.3 Å². The molecule has 2 aromatic rings. The number of anilines is 1. The van der Waals surface area contributed by atoms with E-state index in [1.165, 1.54) is 12.1 Å². The normalized spacial score (nSPS) is 21.9. The summed E-state index contributed by atoms with van der Waals surface area (Å²) >= 11 is 12.5. The van der Waals surface area contributed by atoms with E-state index in [4.69, 9.17) is 23.2 Å². The zero-order valence-corrected chi connectivity index (χ0v) is 26.1. The summed E-state index contributed by atoms with van der Waals surface area (Å²) in [4.78, 5) is 43.6. The van der Waals surface area contributed by atoms with E-state index in [0.717, 1.165) is 13.1 Å². The molecule has 1 saturated heterocycles. The number of nitrogens with one attached hydrogen (secondary N) is 3. The van der Waals surface area contributed by atoms with Crippen molar-refractivity contribution in [2.75, 3.05) is 44.6 Å². The van der Waals surface area contributed by atoms with Crippen molar-refractivity contribution in [2.45, 2.75) is 58.5 Å². The third kappa shape index (κ3) is 8.43. The molecule has 0 aliphatic carbocycles. The number of nitrogens with zero attached hydrogens (tertiary/aromatic N) is 2. The lowest BCUT2D eigenvalue weighted by atomic mass is 9.84. The predicted molar refractivity (Wildman–Crippen MR) is 164 cm³/mol. The first-order valence-electron chi connectivity index (χ1n) is 14.4. The highest BCUT2D eigenvalue weighted by molar-refractivity contribution is 6.31. The van der Waals surface area contributed by atoms with Crippen molar-refractivity contribution < 1.29 is 18.8 Å². The second-order valence-electron chi connectivity index (χ2n) is 12.4. The number of carbonyl (C=O) groups is 3. The van der Waals surface area contributed by atoms with Crippen LogP contribution in [0.2, 0.25) is 10.0 Å². The molecule has 0 spiro atoms. The Hall–Kier alpha value is -2.72. The van der Waals surface area contributed by atoms with Crippen molar-refractivity contribution in [3.63, 3.8) is 0 Å². The van der Waals surface area contributed by atoms with Gasteiger partial charge in [0.2, 0.25) is 17.7 Å². The Bertz CT molecular complexity index is 1310. The molecule has 3 N–H and O–H groups in total. The largest absolute Gasteiger partial charge is 0.353 e. The third-order valence-electron chi connectivity index (χ3n) is 7.80. The maximum Gasteiger partial charge on any atom is 0.238 e. The molecule has 0 saturated carbocycles. The Morgan fingerprint density at radius 3 is 2.45 bits per heavy atom. The van der Waals surface area contributed by atoms with Crippen molar-refractivity contribution >= 4 is 46.6 Å². The summed E-state index contributed by atoms with van der Waals surface area (Å²) in [7, 11) is 0. The molecule has 4 rings (SSSR count). The maximum absolute atomic E-state index is 14.6. The van der Waals surface area contributed by atoms with Crippen LogP contribution in [0.5, 0.6) is 0 Å². The first-order chi connectivity index (χ1) is 19.8. The van der Waals surface area contributed by atoms with Gasteiger partial charge in [-0.1, -0.05) is 56.1 Å². The SMILES string of the molecule is CC(=O)N1CCN(CCNC(=O)[C@@H]2N[C@H](CC(C)(C)C)Cc3cc(F)c(Cl)cc3NC(=O)C2c2cccc(Cl)c2)CC1. The van der Waals surface area contributed by atoms with Gasteiger partial charge in [0.15, 0.2) is 0 Å². The van der Waals surface area contributed by atoms with E-state index in [2.05, 4.69) is 41.6 Å². The summed E-state index contributed by atoms with van der Waals surface area (Å²) < 4.78 is 14.6. The minimum absolute atomic E-state index is 0.0662. The summed E-state index contributed by atoms with van der Waals surface area (Å²) in [5.41, 5.74) is 1.48. The fourth-order valence-electron chi connectivity index (χ4n) is 5.78. The van der Waals surface area contributed by atoms with Gasteiger partial charge in [0.05, 0.1) is 10.9 Å². The lowest BCUT2D eigenvalue weighted by Crippen LogP contribution is -2.55. The second kappa shape index (κ2) is 13.7. The quantitative estimate of drug-likeness (QED) is 0.444. The number of fused-ring (bicyclic) bond motifs is 1. The van der Waals surface area contributed by atoms with Crippen LogP contribution in [-0.2, 0) is 20.8 Å². The van der Waals surface area contributed by atoms with Crippen LogP contribution in [0.15, 0.2) is 36.4 Å². The van der Waals surface area contributed by atoms with Gasteiger partial charge in [0, 0.05) is 62.9 Å². The number of benzene rings is 2. The molecule has 3 atom stereocenters. The summed E-state index contributed by atoms with van der Waals surface area (Å²) in [6, 6.07) is 8.54. The second-order valence-corrected chi connectivity index (χ2v) is 13.2. The molecule has 1 fully saturated rings. The zero-order chi connectivity index (χ0) is 30.6. The number of hydrogen-bond donors (Lipinski definition) is 3. The molecule has 1 unspecified atom stereocenters. The van der Waals surface area contributed by atoms with Crippen LogP contribution in [0.25, 0.3) is 0 Å². The Morgan fingerprint density at radius 2 is 1.81 bits per heavy atom. The molecule has 2 aliphatic rings. The highest BCUT2D eigenvalue weighted by atomic mass is 35.5. The summed E-state index contributed by atoms with van der Waals surface area (Å²) in [6.45, 7) is 11.7. The van der Waals surface area contributed by atoms with E-state index in [1.54, 1.807) is 31.2 Å². The third-order valence-corrected chi connectivity index (χ3v) is 8.32. The van der Waals surface area contributed by atoms with Crippen LogP contribution < -0.4 is 16.0 Å². The molecule has 228 valence electrons. The van der Waals surface area contributed by atoms with Gasteiger partial charge < -0.3 is 20.9 Å². The van der Waals surface area contributed by atoms with Crippen molar-refractivity contribution in [3.8, 4) is 0 Å². The van der Waals surface area contributed by atoms with E-state index in [9.17, 15) is 18.8 Å². The molecule has 0 aromatic heterocycles. The maximum atomic E-state index is 14.6. The van der Waals surface area contributed by atoms with Crippen LogP contribution >= 0.6 is 23.2 Å². The van der Waals surface area contributed by atoms with Gasteiger partial charge in [-0.2, -0.15) is 0 Å². The number of halogens is 3. The molecule has 8 nitrogen and oxygen atoms in total.